The summed E-state index contributed by atoms with van der Waals surface area (Å²) in [4.78, 5) is 12.9. The molecule has 0 radical (unpaired) electrons. The van der Waals surface area contributed by atoms with Gasteiger partial charge in [-0.25, -0.2) is 0 Å². The monoisotopic (exact) mass is 513 g/mol. The lowest BCUT2D eigenvalue weighted by molar-refractivity contribution is -0.138. The highest BCUT2D eigenvalue weighted by Gasteiger charge is 2.31. The van der Waals surface area contributed by atoms with E-state index in [2.05, 4.69) is 15.8 Å². The van der Waals surface area contributed by atoms with E-state index in [4.69, 9.17) is 4.52 Å². The Bertz CT molecular complexity index is 1170. The third-order valence-electron chi connectivity index (χ3n) is 5.75. The standard InChI is InChI=1S/C25H25F6N3O2/c1-14(2)15(3)33-23(35)21-20(13-32-12-16-4-8-18(9-5-16)24(26,27)28)22(36-34-21)17-6-10-19(11-7-17)25(29,30)31/h4-11,14-15,32H,12-13H2,1-3H3,(H,33,35). The molecular formula is C25H25F6N3O2. The van der Waals surface area contributed by atoms with Gasteiger partial charge in [0, 0.05) is 30.3 Å². The molecule has 1 aromatic heterocycles. The molecule has 2 aromatic carbocycles. The van der Waals surface area contributed by atoms with Crippen LogP contribution in [0.1, 0.15) is 53.5 Å². The fourth-order valence-electron chi connectivity index (χ4n) is 3.27. The number of nitrogens with one attached hydrogen (secondary N) is 2. The van der Waals surface area contributed by atoms with E-state index in [0.29, 0.717) is 11.1 Å². The van der Waals surface area contributed by atoms with Crippen LogP contribution in [0.3, 0.4) is 0 Å². The van der Waals surface area contributed by atoms with Gasteiger partial charge in [0.2, 0.25) is 0 Å². The third kappa shape index (κ3) is 6.66. The van der Waals surface area contributed by atoms with Gasteiger partial charge in [-0.3, -0.25) is 4.79 Å². The molecule has 36 heavy (non-hydrogen) atoms. The van der Waals surface area contributed by atoms with E-state index in [1.807, 2.05) is 20.8 Å². The minimum absolute atomic E-state index is 0.0275. The zero-order valence-electron chi connectivity index (χ0n) is 19.7. The van der Waals surface area contributed by atoms with Crippen LogP contribution in [0.25, 0.3) is 11.3 Å². The van der Waals surface area contributed by atoms with Gasteiger partial charge in [0.25, 0.3) is 5.91 Å². The van der Waals surface area contributed by atoms with Gasteiger partial charge in [0.1, 0.15) is 0 Å². The molecule has 0 aliphatic heterocycles. The van der Waals surface area contributed by atoms with Crippen molar-refractivity contribution in [2.75, 3.05) is 0 Å². The average Bonchev–Trinajstić information content (AvgIpc) is 3.22. The summed E-state index contributed by atoms with van der Waals surface area (Å²) in [6, 6.07) is 8.66. The van der Waals surface area contributed by atoms with Crippen LogP contribution in [0.4, 0.5) is 26.3 Å². The van der Waals surface area contributed by atoms with Crippen molar-refractivity contribution in [3.05, 3.63) is 76.5 Å². The van der Waals surface area contributed by atoms with Gasteiger partial charge in [-0.05, 0) is 42.7 Å². The number of nitrogens with zero attached hydrogens (tertiary/aromatic N) is 1. The van der Waals surface area contributed by atoms with Gasteiger partial charge in [0.15, 0.2) is 11.5 Å². The molecule has 0 saturated carbocycles. The SMILES string of the molecule is CC(C)C(C)NC(=O)c1noc(-c2ccc(C(F)(F)F)cc2)c1CNCc1ccc(C(F)(F)F)cc1. The van der Waals surface area contributed by atoms with Crippen molar-refractivity contribution >= 4 is 5.91 Å². The zero-order chi connectivity index (χ0) is 26.7. The highest BCUT2D eigenvalue weighted by atomic mass is 19.4. The van der Waals surface area contributed by atoms with Crippen LogP contribution < -0.4 is 10.6 Å². The van der Waals surface area contributed by atoms with Crippen molar-refractivity contribution in [2.24, 2.45) is 5.92 Å². The van der Waals surface area contributed by atoms with E-state index in [1.165, 1.54) is 24.3 Å². The molecule has 0 bridgehead atoms. The maximum Gasteiger partial charge on any atom is 0.416 e. The maximum atomic E-state index is 13.0. The lowest BCUT2D eigenvalue weighted by Gasteiger charge is -2.17. The fourth-order valence-corrected chi connectivity index (χ4v) is 3.27. The van der Waals surface area contributed by atoms with E-state index >= 15 is 0 Å². The number of halogens is 6. The van der Waals surface area contributed by atoms with Crippen LogP contribution in [0.5, 0.6) is 0 Å². The van der Waals surface area contributed by atoms with Gasteiger partial charge in [-0.15, -0.1) is 0 Å². The zero-order valence-corrected chi connectivity index (χ0v) is 19.7. The fraction of sp³-hybridized carbons (Fsp3) is 0.360. The molecule has 3 aromatic rings. The molecule has 11 heteroatoms. The first-order valence-corrected chi connectivity index (χ1v) is 11.1. The average molecular weight is 513 g/mol. The first kappa shape index (κ1) is 27.3. The molecule has 1 unspecified atom stereocenters. The van der Waals surface area contributed by atoms with Crippen molar-refractivity contribution in [1.29, 1.82) is 0 Å². The summed E-state index contributed by atoms with van der Waals surface area (Å²) in [5.74, 6) is -0.257. The summed E-state index contributed by atoms with van der Waals surface area (Å²) in [7, 11) is 0. The lowest BCUT2D eigenvalue weighted by atomic mass is 10.0. The minimum Gasteiger partial charge on any atom is -0.355 e. The van der Waals surface area contributed by atoms with Crippen molar-refractivity contribution in [2.45, 2.75) is 52.3 Å². The highest BCUT2D eigenvalue weighted by molar-refractivity contribution is 5.95. The van der Waals surface area contributed by atoms with Crippen LogP contribution in [0.2, 0.25) is 0 Å². The predicted octanol–water partition coefficient (Wildman–Crippen LogP) is 6.44. The highest BCUT2D eigenvalue weighted by Crippen LogP contribution is 2.33. The molecule has 1 atom stereocenters. The Morgan fingerprint density at radius 3 is 1.89 bits per heavy atom. The van der Waals surface area contributed by atoms with E-state index in [1.54, 1.807) is 0 Å². The topological polar surface area (TPSA) is 67.2 Å². The first-order chi connectivity index (χ1) is 16.8. The molecule has 1 heterocycles. The van der Waals surface area contributed by atoms with Crippen molar-refractivity contribution in [3.63, 3.8) is 0 Å². The molecular weight excluding hydrogens is 488 g/mol. The van der Waals surface area contributed by atoms with Crippen LogP contribution >= 0.6 is 0 Å². The minimum atomic E-state index is -4.51. The number of amides is 1. The van der Waals surface area contributed by atoms with Gasteiger partial charge in [-0.2, -0.15) is 26.3 Å². The molecule has 5 nitrogen and oxygen atoms in total. The number of benzene rings is 2. The molecule has 0 spiro atoms. The quantitative estimate of drug-likeness (QED) is 0.340. The number of carbonyl (C=O) groups is 1. The smallest absolute Gasteiger partial charge is 0.355 e. The van der Waals surface area contributed by atoms with Gasteiger partial charge in [-0.1, -0.05) is 43.3 Å². The van der Waals surface area contributed by atoms with Crippen LogP contribution in [0.15, 0.2) is 53.1 Å². The normalized spacial score (nSPS) is 13.2. The molecule has 3 rings (SSSR count). The molecule has 0 aliphatic carbocycles. The van der Waals surface area contributed by atoms with Crippen LogP contribution in [-0.4, -0.2) is 17.1 Å². The molecule has 0 aliphatic rings. The van der Waals surface area contributed by atoms with Crippen molar-refractivity contribution < 1.29 is 35.7 Å². The number of aromatic nitrogens is 1. The Balaban J connectivity index is 1.85. The third-order valence-corrected chi connectivity index (χ3v) is 5.75. The summed E-state index contributed by atoms with van der Waals surface area (Å²) >= 11 is 0. The first-order valence-electron chi connectivity index (χ1n) is 11.1. The molecule has 0 saturated heterocycles. The molecule has 1 amide bonds. The summed E-state index contributed by atoms with van der Waals surface area (Å²) in [6.07, 6.45) is -8.95. The Kier molecular flexibility index (Phi) is 8.12. The van der Waals surface area contributed by atoms with E-state index in [-0.39, 0.29) is 42.1 Å². The lowest BCUT2D eigenvalue weighted by Crippen LogP contribution is -2.37. The Morgan fingerprint density at radius 1 is 0.861 bits per heavy atom. The Labute approximate surface area is 203 Å². The van der Waals surface area contributed by atoms with Gasteiger partial charge in [0.05, 0.1) is 11.1 Å². The van der Waals surface area contributed by atoms with Crippen LogP contribution in [0, 0.1) is 5.92 Å². The largest absolute Gasteiger partial charge is 0.416 e. The van der Waals surface area contributed by atoms with Crippen molar-refractivity contribution in [1.82, 2.24) is 15.8 Å². The van der Waals surface area contributed by atoms with Crippen LogP contribution in [-0.2, 0) is 25.4 Å². The van der Waals surface area contributed by atoms with E-state index < -0.39 is 29.4 Å². The summed E-state index contributed by atoms with van der Waals surface area (Å²) in [6.45, 7) is 5.86. The second-order valence-electron chi connectivity index (χ2n) is 8.72. The molecule has 2 N–H and O–H groups in total. The second-order valence-corrected chi connectivity index (χ2v) is 8.72. The number of hydrogen-bond acceptors (Lipinski definition) is 4. The van der Waals surface area contributed by atoms with Crippen molar-refractivity contribution in [3.8, 4) is 11.3 Å². The number of carbonyl (C=O) groups excluding carboxylic acids is 1. The van der Waals surface area contributed by atoms with Gasteiger partial charge >= 0.3 is 12.4 Å². The van der Waals surface area contributed by atoms with E-state index in [9.17, 15) is 31.1 Å². The maximum absolute atomic E-state index is 13.0. The predicted molar refractivity (Wildman–Crippen MR) is 121 cm³/mol. The summed E-state index contributed by atoms with van der Waals surface area (Å²) in [5, 5.41) is 9.72. The second kappa shape index (κ2) is 10.7. The Morgan fingerprint density at radius 2 is 1.39 bits per heavy atom. The number of rotatable bonds is 8. The summed E-state index contributed by atoms with van der Waals surface area (Å²) < 4.78 is 82.6. The number of alkyl halides is 6. The van der Waals surface area contributed by atoms with Gasteiger partial charge < -0.3 is 15.2 Å². The summed E-state index contributed by atoms with van der Waals surface area (Å²) in [5.41, 5.74) is -0.468. The molecule has 194 valence electrons. The number of hydrogen-bond donors (Lipinski definition) is 2. The Hall–Kier alpha value is -3.34. The van der Waals surface area contributed by atoms with E-state index in [0.717, 1.165) is 24.3 Å². The molecule has 0 fully saturated rings.